The van der Waals surface area contributed by atoms with Crippen LogP contribution in [0.5, 0.6) is 0 Å². The van der Waals surface area contributed by atoms with E-state index in [1.807, 2.05) is 12.1 Å². The van der Waals surface area contributed by atoms with Gasteiger partial charge in [0.15, 0.2) is 0 Å². The molecule has 0 aromatic heterocycles. The minimum atomic E-state index is 0.123. The first-order valence-corrected chi connectivity index (χ1v) is 6.30. The van der Waals surface area contributed by atoms with Crippen LogP contribution in [0.15, 0.2) is 27.1 Å². The molecule has 0 radical (unpaired) electrons. The van der Waals surface area contributed by atoms with E-state index in [1.54, 1.807) is 0 Å². The third-order valence-corrected chi connectivity index (χ3v) is 3.27. The molecule has 1 rings (SSSR count). The Hall–Kier alpha value is 0.140. The van der Waals surface area contributed by atoms with Crippen molar-refractivity contribution >= 4 is 31.9 Å². The highest BCUT2D eigenvalue weighted by Gasteiger charge is 2.11. The Balaban J connectivity index is 2.84. The van der Waals surface area contributed by atoms with E-state index < -0.39 is 0 Å². The number of hydrogen-bond donors (Lipinski definition) is 1. The topological polar surface area (TPSA) is 26.0 Å². The summed E-state index contributed by atoms with van der Waals surface area (Å²) in [6, 6.07) is 6.26. The SMILES string of the molecule is CC(C)CC(N)c1ccc(Br)cc1Br. The van der Waals surface area contributed by atoms with E-state index in [4.69, 9.17) is 5.73 Å². The lowest BCUT2D eigenvalue weighted by molar-refractivity contribution is 0.509. The van der Waals surface area contributed by atoms with Gasteiger partial charge in [0.05, 0.1) is 0 Å². The minimum Gasteiger partial charge on any atom is -0.324 e. The van der Waals surface area contributed by atoms with E-state index in [0.29, 0.717) is 5.92 Å². The average Bonchev–Trinajstić information content (AvgIpc) is 2.01. The maximum Gasteiger partial charge on any atom is 0.0308 e. The Kier molecular flexibility index (Phi) is 4.61. The van der Waals surface area contributed by atoms with Crippen molar-refractivity contribution in [2.75, 3.05) is 0 Å². The molecule has 0 aliphatic rings. The molecule has 1 nitrogen and oxygen atoms in total. The lowest BCUT2D eigenvalue weighted by Crippen LogP contribution is -2.13. The van der Waals surface area contributed by atoms with Crippen LogP contribution in [0.25, 0.3) is 0 Å². The predicted molar refractivity (Wildman–Crippen MR) is 68.2 cm³/mol. The Morgan fingerprint density at radius 3 is 2.43 bits per heavy atom. The first-order valence-electron chi connectivity index (χ1n) is 4.71. The third kappa shape index (κ3) is 3.37. The van der Waals surface area contributed by atoms with Crippen molar-refractivity contribution in [3.05, 3.63) is 32.7 Å². The fraction of sp³-hybridized carbons (Fsp3) is 0.455. The van der Waals surface area contributed by atoms with Gasteiger partial charge in [-0.2, -0.15) is 0 Å². The quantitative estimate of drug-likeness (QED) is 0.884. The van der Waals surface area contributed by atoms with Crippen molar-refractivity contribution in [1.29, 1.82) is 0 Å². The molecular formula is C11H15Br2N. The minimum absolute atomic E-state index is 0.123. The van der Waals surface area contributed by atoms with Crippen LogP contribution in [0, 0.1) is 5.92 Å². The van der Waals surface area contributed by atoms with Gasteiger partial charge < -0.3 is 5.73 Å². The molecule has 0 saturated heterocycles. The van der Waals surface area contributed by atoms with Crippen LogP contribution in [0.1, 0.15) is 31.9 Å². The fourth-order valence-electron chi connectivity index (χ4n) is 1.44. The van der Waals surface area contributed by atoms with Crippen molar-refractivity contribution in [3.63, 3.8) is 0 Å². The van der Waals surface area contributed by atoms with Gasteiger partial charge in [0.25, 0.3) is 0 Å². The van der Waals surface area contributed by atoms with Crippen LogP contribution in [0.3, 0.4) is 0 Å². The zero-order chi connectivity index (χ0) is 10.7. The standard InChI is InChI=1S/C11H15Br2N/c1-7(2)5-11(14)9-4-3-8(12)6-10(9)13/h3-4,6-7,11H,5,14H2,1-2H3. The molecule has 1 aromatic carbocycles. The normalized spacial score (nSPS) is 13.3. The van der Waals surface area contributed by atoms with Crippen LogP contribution in [-0.2, 0) is 0 Å². The summed E-state index contributed by atoms with van der Waals surface area (Å²) in [7, 11) is 0. The summed E-state index contributed by atoms with van der Waals surface area (Å²) in [4.78, 5) is 0. The van der Waals surface area contributed by atoms with Gasteiger partial charge in [-0.25, -0.2) is 0 Å². The van der Waals surface area contributed by atoms with Gasteiger partial charge in [-0.15, -0.1) is 0 Å². The summed E-state index contributed by atoms with van der Waals surface area (Å²) in [5.41, 5.74) is 7.28. The van der Waals surface area contributed by atoms with E-state index in [1.165, 1.54) is 5.56 Å². The summed E-state index contributed by atoms with van der Waals surface area (Å²) < 4.78 is 2.16. The number of benzene rings is 1. The molecule has 0 bridgehead atoms. The molecule has 78 valence electrons. The van der Waals surface area contributed by atoms with Crippen LogP contribution < -0.4 is 5.73 Å². The zero-order valence-electron chi connectivity index (χ0n) is 8.43. The summed E-state index contributed by atoms with van der Waals surface area (Å²) in [5.74, 6) is 0.626. The Morgan fingerprint density at radius 1 is 1.29 bits per heavy atom. The highest BCUT2D eigenvalue weighted by Crippen LogP contribution is 2.28. The Morgan fingerprint density at radius 2 is 1.93 bits per heavy atom. The van der Waals surface area contributed by atoms with Crippen LogP contribution in [-0.4, -0.2) is 0 Å². The summed E-state index contributed by atoms with van der Waals surface area (Å²) in [6.07, 6.45) is 1.01. The van der Waals surface area contributed by atoms with Crippen molar-refractivity contribution in [3.8, 4) is 0 Å². The summed E-state index contributed by atoms with van der Waals surface area (Å²) >= 11 is 6.95. The van der Waals surface area contributed by atoms with Gasteiger partial charge >= 0.3 is 0 Å². The smallest absolute Gasteiger partial charge is 0.0308 e. The maximum absolute atomic E-state index is 6.10. The van der Waals surface area contributed by atoms with Crippen LogP contribution >= 0.6 is 31.9 Å². The first-order chi connectivity index (χ1) is 6.50. The Bertz CT molecular complexity index is 310. The van der Waals surface area contributed by atoms with E-state index in [2.05, 4.69) is 51.8 Å². The van der Waals surface area contributed by atoms with Crippen LogP contribution in [0.4, 0.5) is 0 Å². The zero-order valence-corrected chi connectivity index (χ0v) is 11.6. The molecule has 1 aromatic rings. The van der Waals surface area contributed by atoms with E-state index >= 15 is 0 Å². The molecule has 0 heterocycles. The van der Waals surface area contributed by atoms with Crippen molar-refractivity contribution in [2.24, 2.45) is 11.7 Å². The molecule has 3 heteroatoms. The molecule has 0 saturated carbocycles. The second-order valence-electron chi connectivity index (χ2n) is 3.90. The molecule has 0 amide bonds. The molecule has 14 heavy (non-hydrogen) atoms. The highest BCUT2D eigenvalue weighted by atomic mass is 79.9. The maximum atomic E-state index is 6.10. The molecule has 0 aliphatic carbocycles. The number of hydrogen-bond acceptors (Lipinski definition) is 1. The van der Waals surface area contributed by atoms with Crippen molar-refractivity contribution in [1.82, 2.24) is 0 Å². The third-order valence-electron chi connectivity index (χ3n) is 2.09. The predicted octanol–water partition coefficient (Wildman–Crippen LogP) is 4.26. The fourth-order valence-corrected chi connectivity index (χ4v) is 2.78. The average molecular weight is 321 g/mol. The molecular weight excluding hydrogens is 306 g/mol. The number of halogens is 2. The number of nitrogens with two attached hydrogens (primary N) is 1. The first kappa shape index (κ1) is 12.2. The monoisotopic (exact) mass is 319 g/mol. The van der Waals surface area contributed by atoms with Gasteiger partial charge in [-0.3, -0.25) is 0 Å². The summed E-state index contributed by atoms with van der Waals surface area (Å²) in [6.45, 7) is 4.37. The van der Waals surface area contributed by atoms with Crippen molar-refractivity contribution < 1.29 is 0 Å². The van der Waals surface area contributed by atoms with E-state index in [-0.39, 0.29) is 6.04 Å². The largest absolute Gasteiger partial charge is 0.324 e. The van der Waals surface area contributed by atoms with Crippen LogP contribution in [0.2, 0.25) is 0 Å². The molecule has 1 atom stereocenters. The van der Waals surface area contributed by atoms with Crippen molar-refractivity contribution in [2.45, 2.75) is 26.3 Å². The molecule has 0 fully saturated rings. The molecule has 0 aliphatic heterocycles. The van der Waals surface area contributed by atoms with E-state index in [0.717, 1.165) is 15.4 Å². The van der Waals surface area contributed by atoms with Gasteiger partial charge in [0.1, 0.15) is 0 Å². The Labute approximate surface area is 102 Å². The van der Waals surface area contributed by atoms with E-state index in [9.17, 15) is 0 Å². The second kappa shape index (κ2) is 5.29. The van der Waals surface area contributed by atoms with Gasteiger partial charge in [-0.1, -0.05) is 51.8 Å². The molecule has 0 spiro atoms. The second-order valence-corrected chi connectivity index (χ2v) is 5.67. The summed E-state index contributed by atoms with van der Waals surface area (Å²) in [5, 5.41) is 0. The number of rotatable bonds is 3. The molecule has 2 N–H and O–H groups in total. The van der Waals surface area contributed by atoms with Gasteiger partial charge in [0, 0.05) is 15.0 Å². The lowest BCUT2D eigenvalue weighted by Gasteiger charge is -2.16. The molecule has 1 unspecified atom stereocenters. The van der Waals surface area contributed by atoms with Gasteiger partial charge in [-0.05, 0) is 30.0 Å². The lowest BCUT2D eigenvalue weighted by atomic mass is 9.98. The van der Waals surface area contributed by atoms with Gasteiger partial charge in [0.2, 0.25) is 0 Å². The highest BCUT2D eigenvalue weighted by molar-refractivity contribution is 9.11.